The maximum Gasteiger partial charge on any atom is 0.407 e. The predicted molar refractivity (Wildman–Crippen MR) is 147 cm³/mol. The van der Waals surface area contributed by atoms with E-state index in [1.165, 1.54) is 12.1 Å². The molecule has 3 aromatic rings. The number of nitrogens with zero attached hydrogens (tertiary/aromatic N) is 1. The quantitative estimate of drug-likeness (QED) is 0.339. The van der Waals surface area contributed by atoms with Gasteiger partial charge in [0.15, 0.2) is 5.76 Å². The molecule has 0 atom stereocenters. The third-order valence-electron chi connectivity index (χ3n) is 5.77. The van der Waals surface area contributed by atoms with Crippen LogP contribution in [0.25, 0.3) is 11.1 Å². The van der Waals surface area contributed by atoms with Crippen molar-refractivity contribution in [2.45, 2.75) is 73.6 Å². The highest BCUT2D eigenvalue weighted by atomic mass is 16.6. The van der Waals surface area contributed by atoms with Crippen molar-refractivity contribution in [3.05, 3.63) is 76.0 Å². The predicted octanol–water partition coefficient (Wildman–Crippen LogP) is 5.64. The van der Waals surface area contributed by atoms with E-state index in [9.17, 15) is 14.4 Å². The van der Waals surface area contributed by atoms with Gasteiger partial charge in [-0.2, -0.15) is 0 Å². The minimum Gasteiger partial charge on any atom is -0.454 e. The highest BCUT2D eigenvalue weighted by molar-refractivity contribution is 5.99. The van der Waals surface area contributed by atoms with E-state index in [2.05, 4.69) is 19.2 Å². The van der Waals surface area contributed by atoms with Gasteiger partial charge in [-0.3, -0.25) is 9.78 Å². The zero-order chi connectivity index (χ0) is 28.9. The molecule has 2 aromatic heterocycles. The lowest BCUT2D eigenvalue weighted by Crippen LogP contribution is -2.32. The number of nitrogens with two attached hydrogens (primary N) is 1. The normalized spacial score (nSPS) is 11.4. The summed E-state index contributed by atoms with van der Waals surface area (Å²) in [5.41, 5.74) is 9.36. The van der Waals surface area contributed by atoms with Crippen molar-refractivity contribution in [2.24, 2.45) is 11.7 Å². The summed E-state index contributed by atoms with van der Waals surface area (Å²) in [5.74, 6) is -0.783. The minimum absolute atomic E-state index is 0.0206. The number of aryl methyl sites for hydroxylation is 2. The zero-order valence-electron chi connectivity index (χ0n) is 23.6. The second-order valence-corrected chi connectivity index (χ2v) is 10.9. The number of alkyl carbamates (subject to hydrolysis) is 1. The summed E-state index contributed by atoms with van der Waals surface area (Å²) in [6.45, 7) is 13.2. The van der Waals surface area contributed by atoms with E-state index < -0.39 is 23.6 Å². The van der Waals surface area contributed by atoms with Gasteiger partial charge in [0.25, 0.3) is 5.91 Å². The molecule has 3 rings (SSSR count). The first kappa shape index (κ1) is 29.4. The Balaban J connectivity index is 2.09. The highest BCUT2D eigenvalue weighted by Gasteiger charge is 2.26. The standard InChI is InChI=1S/C30H37N3O6/c1-17(2)14-23-22(15-32-29(36)39-30(5,6)7)26(20-10-8-18(3)9-11-20)25(19(4)33-23)28(35)37-16-21-12-13-24(38-21)27(31)34/h8-13,17H,14-16H2,1-7H3,(H2,31,34)(H,32,36). The van der Waals surface area contributed by atoms with Crippen LogP contribution in [0.1, 0.15) is 83.8 Å². The van der Waals surface area contributed by atoms with Crippen molar-refractivity contribution in [2.75, 3.05) is 0 Å². The summed E-state index contributed by atoms with van der Waals surface area (Å²) in [7, 11) is 0. The van der Waals surface area contributed by atoms with Crippen LogP contribution < -0.4 is 11.1 Å². The molecule has 0 saturated heterocycles. The summed E-state index contributed by atoms with van der Waals surface area (Å²) in [5, 5.41) is 2.84. The second-order valence-electron chi connectivity index (χ2n) is 10.9. The number of pyridine rings is 1. The summed E-state index contributed by atoms with van der Waals surface area (Å²) < 4.78 is 16.4. The topological polar surface area (TPSA) is 134 Å². The molecule has 9 nitrogen and oxygen atoms in total. The number of hydrogen-bond acceptors (Lipinski definition) is 7. The molecule has 39 heavy (non-hydrogen) atoms. The number of hydrogen-bond donors (Lipinski definition) is 2. The number of nitrogens with one attached hydrogen (secondary N) is 1. The average molecular weight is 536 g/mol. The van der Waals surface area contributed by atoms with Crippen LogP contribution in [0.15, 0.2) is 40.8 Å². The largest absolute Gasteiger partial charge is 0.454 e. The fourth-order valence-corrected chi connectivity index (χ4v) is 4.11. The molecule has 3 N–H and O–H groups in total. The van der Waals surface area contributed by atoms with Crippen LogP contribution in [0.2, 0.25) is 0 Å². The van der Waals surface area contributed by atoms with Gasteiger partial charge >= 0.3 is 12.1 Å². The molecule has 0 bridgehead atoms. The summed E-state index contributed by atoms with van der Waals surface area (Å²) in [6, 6.07) is 10.7. The molecule has 9 heteroatoms. The number of esters is 1. The van der Waals surface area contributed by atoms with E-state index in [1.54, 1.807) is 27.7 Å². The monoisotopic (exact) mass is 535 g/mol. The number of carbonyl (C=O) groups is 3. The molecule has 0 unspecified atom stereocenters. The molecule has 0 saturated carbocycles. The molecule has 2 heterocycles. The molecule has 0 fully saturated rings. The van der Waals surface area contributed by atoms with E-state index >= 15 is 0 Å². The third kappa shape index (κ3) is 7.92. The number of rotatable bonds is 9. The van der Waals surface area contributed by atoms with Gasteiger partial charge in [-0.25, -0.2) is 9.59 Å². The number of benzene rings is 1. The molecular formula is C30H37N3O6. The van der Waals surface area contributed by atoms with E-state index in [4.69, 9.17) is 24.6 Å². The third-order valence-corrected chi connectivity index (χ3v) is 5.77. The fraction of sp³-hybridized carbons (Fsp3) is 0.400. The first-order valence-corrected chi connectivity index (χ1v) is 12.9. The lowest BCUT2D eigenvalue weighted by molar-refractivity contribution is 0.0443. The first-order valence-electron chi connectivity index (χ1n) is 12.9. The minimum atomic E-state index is -0.711. The van der Waals surface area contributed by atoms with Crippen LogP contribution >= 0.6 is 0 Å². The van der Waals surface area contributed by atoms with Crippen LogP contribution in [0, 0.1) is 19.8 Å². The first-order chi connectivity index (χ1) is 18.2. The molecular weight excluding hydrogens is 498 g/mol. The molecule has 0 aliphatic carbocycles. The van der Waals surface area contributed by atoms with Crippen molar-refractivity contribution in [1.29, 1.82) is 0 Å². The number of amides is 2. The number of carbonyl (C=O) groups excluding carboxylic acids is 3. The van der Waals surface area contributed by atoms with E-state index in [0.717, 1.165) is 16.8 Å². The molecule has 0 aliphatic heterocycles. The Morgan fingerprint density at radius 3 is 2.28 bits per heavy atom. The van der Waals surface area contributed by atoms with Crippen LogP contribution in [0.3, 0.4) is 0 Å². The maximum atomic E-state index is 13.5. The van der Waals surface area contributed by atoms with E-state index in [1.807, 2.05) is 31.2 Å². The van der Waals surface area contributed by atoms with Gasteiger partial charge in [-0.05, 0) is 64.7 Å². The van der Waals surface area contributed by atoms with Crippen LogP contribution in [-0.2, 0) is 29.0 Å². The van der Waals surface area contributed by atoms with Crippen LogP contribution in [0.5, 0.6) is 0 Å². The van der Waals surface area contributed by atoms with Gasteiger partial charge in [-0.1, -0.05) is 43.7 Å². The lowest BCUT2D eigenvalue weighted by atomic mass is 9.89. The Hall–Kier alpha value is -4.14. The van der Waals surface area contributed by atoms with Gasteiger partial charge in [0, 0.05) is 23.4 Å². The number of primary amides is 1. The molecule has 0 radical (unpaired) electrons. The highest BCUT2D eigenvalue weighted by Crippen LogP contribution is 2.33. The van der Waals surface area contributed by atoms with Crippen molar-refractivity contribution >= 4 is 18.0 Å². The number of furan rings is 1. The van der Waals surface area contributed by atoms with Crippen molar-refractivity contribution in [3.8, 4) is 11.1 Å². The zero-order valence-corrected chi connectivity index (χ0v) is 23.6. The van der Waals surface area contributed by atoms with Gasteiger partial charge in [0.1, 0.15) is 18.0 Å². The molecule has 0 spiro atoms. The Labute approximate surface area is 229 Å². The summed E-state index contributed by atoms with van der Waals surface area (Å²) >= 11 is 0. The lowest BCUT2D eigenvalue weighted by Gasteiger charge is -2.23. The number of aromatic nitrogens is 1. The smallest absolute Gasteiger partial charge is 0.407 e. The molecule has 0 aliphatic rings. The van der Waals surface area contributed by atoms with E-state index in [0.29, 0.717) is 23.2 Å². The number of ether oxygens (including phenoxy) is 2. The second kappa shape index (κ2) is 12.1. The summed E-state index contributed by atoms with van der Waals surface area (Å²) in [4.78, 5) is 42.3. The average Bonchev–Trinajstić information content (AvgIpc) is 3.30. The Bertz CT molecular complexity index is 1350. The summed E-state index contributed by atoms with van der Waals surface area (Å²) in [6.07, 6.45) is 0.0727. The van der Waals surface area contributed by atoms with Crippen molar-refractivity contribution < 1.29 is 28.3 Å². The maximum absolute atomic E-state index is 13.5. The molecule has 1 aromatic carbocycles. The Morgan fingerprint density at radius 2 is 1.72 bits per heavy atom. The van der Waals surface area contributed by atoms with Crippen LogP contribution in [0.4, 0.5) is 4.79 Å². The van der Waals surface area contributed by atoms with Gasteiger partial charge in [-0.15, -0.1) is 0 Å². The molecule has 208 valence electrons. The Morgan fingerprint density at radius 1 is 1.05 bits per heavy atom. The van der Waals surface area contributed by atoms with E-state index in [-0.39, 0.29) is 36.2 Å². The van der Waals surface area contributed by atoms with Crippen LogP contribution in [-0.4, -0.2) is 28.6 Å². The molecule has 2 amide bonds. The van der Waals surface area contributed by atoms with Gasteiger partial charge in [0.05, 0.1) is 11.3 Å². The van der Waals surface area contributed by atoms with Gasteiger partial charge in [0.2, 0.25) is 0 Å². The fourth-order valence-electron chi connectivity index (χ4n) is 4.11. The SMILES string of the molecule is Cc1ccc(-c2c(CNC(=O)OC(C)(C)C)c(CC(C)C)nc(C)c2C(=O)OCc2ccc(C(N)=O)o2)cc1. The Kier molecular flexibility index (Phi) is 9.16. The van der Waals surface area contributed by atoms with Crippen molar-refractivity contribution in [1.82, 2.24) is 10.3 Å². The van der Waals surface area contributed by atoms with Crippen molar-refractivity contribution in [3.63, 3.8) is 0 Å². The van der Waals surface area contributed by atoms with Gasteiger partial charge < -0.3 is 24.9 Å².